The van der Waals surface area contributed by atoms with Crippen LogP contribution in [0.4, 0.5) is 0 Å². The van der Waals surface area contributed by atoms with Crippen molar-refractivity contribution in [2.75, 3.05) is 13.2 Å². The van der Waals surface area contributed by atoms with Crippen molar-refractivity contribution in [3.8, 4) is 23.0 Å². The lowest BCUT2D eigenvalue weighted by Crippen LogP contribution is -2.07. The zero-order chi connectivity index (χ0) is 27.9. The van der Waals surface area contributed by atoms with Crippen molar-refractivity contribution in [1.29, 1.82) is 0 Å². The fraction of sp³-hybridized carbons (Fsp3) is 0.333. The quantitative estimate of drug-likeness (QED) is 0.197. The van der Waals surface area contributed by atoms with Crippen molar-refractivity contribution < 1.29 is 19.7 Å². The summed E-state index contributed by atoms with van der Waals surface area (Å²) in [6, 6.07) is 24.5. The van der Waals surface area contributed by atoms with E-state index in [1.54, 1.807) is 0 Å². The van der Waals surface area contributed by atoms with E-state index in [2.05, 4.69) is 38.1 Å². The van der Waals surface area contributed by atoms with E-state index in [1.807, 2.05) is 48.5 Å². The molecule has 2 N–H and O–H groups in total. The lowest BCUT2D eigenvalue weighted by Gasteiger charge is -2.20. The highest BCUT2D eigenvalue weighted by molar-refractivity contribution is 5.55. The Kier molecular flexibility index (Phi) is 8.95. The van der Waals surface area contributed by atoms with Crippen molar-refractivity contribution in [1.82, 2.24) is 0 Å². The molecule has 0 radical (unpaired) electrons. The number of aromatic hydroxyl groups is 2. The summed E-state index contributed by atoms with van der Waals surface area (Å²) in [6.07, 6.45) is 6.26. The largest absolute Gasteiger partial charge is 0.507 e. The van der Waals surface area contributed by atoms with Gasteiger partial charge in [0.05, 0.1) is 13.2 Å². The van der Waals surface area contributed by atoms with Crippen LogP contribution in [0.1, 0.15) is 84.0 Å². The maximum absolute atomic E-state index is 11.5. The summed E-state index contributed by atoms with van der Waals surface area (Å²) in [5, 5.41) is 22.9. The first kappa shape index (κ1) is 27.6. The number of para-hydroxylation sites is 4. The zero-order valence-corrected chi connectivity index (χ0v) is 23.7. The fourth-order valence-electron chi connectivity index (χ4n) is 5.52. The molecule has 0 fully saturated rings. The van der Waals surface area contributed by atoms with Crippen LogP contribution in [-0.4, -0.2) is 23.4 Å². The van der Waals surface area contributed by atoms with Gasteiger partial charge < -0.3 is 19.7 Å². The smallest absolute Gasteiger partial charge is 0.126 e. The average molecular weight is 537 g/mol. The lowest BCUT2D eigenvalue weighted by molar-refractivity contribution is 0.303. The third kappa shape index (κ3) is 6.12. The minimum absolute atomic E-state index is 0.326. The molecule has 0 saturated heterocycles. The molecule has 0 amide bonds. The summed E-state index contributed by atoms with van der Waals surface area (Å²) in [7, 11) is 0. The molecule has 8 bridgehead atoms. The van der Waals surface area contributed by atoms with Crippen LogP contribution < -0.4 is 9.47 Å². The van der Waals surface area contributed by atoms with E-state index in [1.165, 1.54) is 0 Å². The van der Waals surface area contributed by atoms with Crippen LogP contribution in [0.25, 0.3) is 0 Å². The Hall–Kier alpha value is -3.92. The predicted molar refractivity (Wildman–Crippen MR) is 161 cm³/mol. The summed E-state index contributed by atoms with van der Waals surface area (Å²) >= 11 is 0. The topological polar surface area (TPSA) is 58.9 Å². The van der Waals surface area contributed by atoms with Gasteiger partial charge in [-0.15, -0.1) is 0 Å². The molecule has 0 spiro atoms. The van der Waals surface area contributed by atoms with Gasteiger partial charge in [-0.05, 0) is 57.3 Å². The monoisotopic (exact) mass is 536 g/mol. The number of hydrogen-bond donors (Lipinski definition) is 2. The van der Waals surface area contributed by atoms with E-state index >= 15 is 0 Å². The van der Waals surface area contributed by atoms with Crippen LogP contribution in [0.15, 0.2) is 72.8 Å². The Morgan fingerprint density at radius 1 is 0.475 bits per heavy atom. The summed E-state index contributed by atoms with van der Waals surface area (Å²) in [6.45, 7) is 5.58. The molecule has 0 saturated carbocycles. The standard InChI is InChI=1S/C36H40O4/c1-3-5-19-39-35-29-15-9-16-30(35)22-26-12-8-14-28(34(26)38)24-32-18-10-17-31(36(32)40-20-6-4-2)23-27-13-7-11-25(21-29)33(27)37/h7-18,37-38H,3-6,19-24H2,1-2H3. The van der Waals surface area contributed by atoms with Crippen LogP contribution >= 0.6 is 0 Å². The SMILES string of the molecule is CCCCOc1c2cccc1Cc1cccc(c1O)Cc1cccc(c1OCCCC)Cc1cccc(c1O)C2. The first-order valence-electron chi connectivity index (χ1n) is 14.7. The van der Waals surface area contributed by atoms with Gasteiger partial charge in [-0.1, -0.05) is 99.5 Å². The van der Waals surface area contributed by atoms with Crippen molar-refractivity contribution in [3.63, 3.8) is 0 Å². The van der Waals surface area contributed by atoms with Crippen LogP contribution in [0.5, 0.6) is 23.0 Å². The molecule has 0 atom stereocenters. The Morgan fingerprint density at radius 3 is 1.02 bits per heavy atom. The van der Waals surface area contributed by atoms with Crippen molar-refractivity contribution >= 4 is 0 Å². The molecular weight excluding hydrogens is 496 g/mol. The lowest BCUT2D eigenvalue weighted by atomic mass is 9.91. The van der Waals surface area contributed by atoms with Crippen LogP contribution in [0.3, 0.4) is 0 Å². The number of ether oxygens (including phenoxy) is 2. The zero-order valence-electron chi connectivity index (χ0n) is 23.7. The molecule has 40 heavy (non-hydrogen) atoms. The number of rotatable bonds is 8. The Balaban J connectivity index is 1.66. The van der Waals surface area contributed by atoms with Gasteiger partial charge in [0, 0.05) is 25.7 Å². The second-order valence-electron chi connectivity index (χ2n) is 10.8. The van der Waals surface area contributed by atoms with Crippen molar-refractivity contribution in [2.45, 2.75) is 65.2 Å². The van der Waals surface area contributed by atoms with Gasteiger partial charge in [-0.25, -0.2) is 0 Å². The van der Waals surface area contributed by atoms with Gasteiger partial charge >= 0.3 is 0 Å². The first-order chi connectivity index (χ1) is 19.6. The molecule has 0 unspecified atom stereocenters. The molecular formula is C36H40O4. The number of phenolic OH excluding ortho intramolecular Hbond substituents is 2. The molecule has 0 aliphatic heterocycles. The number of unbranched alkanes of at least 4 members (excludes halogenated alkanes) is 2. The van der Waals surface area contributed by atoms with Gasteiger partial charge in [0.1, 0.15) is 23.0 Å². The summed E-state index contributed by atoms with van der Waals surface area (Å²) in [5.74, 6) is 2.36. The fourth-order valence-corrected chi connectivity index (χ4v) is 5.52. The van der Waals surface area contributed by atoms with Crippen LogP contribution in [0.2, 0.25) is 0 Å². The summed E-state index contributed by atoms with van der Waals surface area (Å²) < 4.78 is 12.8. The van der Waals surface area contributed by atoms with Crippen LogP contribution in [0, 0.1) is 0 Å². The van der Waals surface area contributed by atoms with E-state index in [4.69, 9.17) is 9.47 Å². The molecule has 4 nitrogen and oxygen atoms in total. The molecule has 1 aliphatic carbocycles. The van der Waals surface area contributed by atoms with Crippen molar-refractivity contribution in [2.24, 2.45) is 0 Å². The second kappa shape index (κ2) is 13.0. The van der Waals surface area contributed by atoms with Gasteiger partial charge in [0.25, 0.3) is 0 Å². The van der Waals surface area contributed by atoms with Gasteiger partial charge in [0.15, 0.2) is 0 Å². The number of fused-ring (bicyclic) bond motifs is 8. The third-order valence-electron chi connectivity index (χ3n) is 7.77. The predicted octanol–water partition coefficient (Wildman–Crippen LogP) is 8.13. The van der Waals surface area contributed by atoms with E-state index in [9.17, 15) is 10.2 Å². The number of hydrogen-bond acceptors (Lipinski definition) is 4. The Morgan fingerprint density at radius 2 is 0.750 bits per heavy atom. The molecule has 4 aromatic carbocycles. The normalized spacial score (nSPS) is 12.7. The maximum atomic E-state index is 11.5. The molecule has 208 valence electrons. The van der Waals surface area contributed by atoms with Crippen molar-refractivity contribution in [3.05, 3.63) is 117 Å². The van der Waals surface area contributed by atoms with E-state index in [-0.39, 0.29) is 0 Å². The Bertz CT molecular complexity index is 1260. The van der Waals surface area contributed by atoms with Gasteiger partial charge in [-0.2, -0.15) is 0 Å². The van der Waals surface area contributed by atoms with Gasteiger partial charge in [0.2, 0.25) is 0 Å². The highest BCUT2D eigenvalue weighted by atomic mass is 16.5. The van der Waals surface area contributed by atoms with Gasteiger partial charge in [-0.3, -0.25) is 0 Å². The van der Waals surface area contributed by atoms with E-state index in [0.29, 0.717) is 50.4 Å². The maximum Gasteiger partial charge on any atom is 0.126 e. The highest BCUT2D eigenvalue weighted by Gasteiger charge is 2.20. The molecule has 0 aromatic heterocycles. The third-order valence-corrected chi connectivity index (χ3v) is 7.77. The average Bonchev–Trinajstić information content (AvgIpc) is 2.95. The Labute approximate surface area is 238 Å². The molecule has 4 aromatic rings. The minimum atomic E-state index is 0.326. The van der Waals surface area contributed by atoms with Crippen LogP contribution in [-0.2, 0) is 25.7 Å². The summed E-state index contributed by atoms with van der Waals surface area (Å²) in [5.41, 5.74) is 7.63. The molecule has 4 heteroatoms. The second-order valence-corrected chi connectivity index (χ2v) is 10.8. The van der Waals surface area contributed by atoms with E-state index in [0.717, 1.165) is 81.7 Å². The molecule has 0 heterocycles. The summed E-state index contributed by atoms with van der Waals surface area (Å²) in [4.78, 5) is 0. The highest BCUT2D eigenvalue weighted by Crippen LogP contribution is 2.38. The number of benzene rings is 4. The minimum Gasteiger partial charge on any atom is -0.507 e. The van der Waals surface area contributed by atoms with E-state index < -0.39 is 0 Å². The molecule has 1 aliphatic rings. The first-order valence-corrected chi connectivity index (χ1v) is 14.7. The molecule has 5 rings (SSSR count). The number of phenols is 2.